The van der Waals surface area contributed by atoms with Crippen LogP contribution in [0.2, 0.25) is 5.02 Å². The highest BCUT2D eigenvalue weighted by atomic mass is 35.5. The maximum atomic E-state index is 12.8. The summed E-state index contributed by atoms with van der Waals surface area (Å²) in [6.07, 6.45) is -4.02. The molecule has 4 rings (SSSR count). The normalized spacial score (nSPS) is 19.1. The molecule has 2 aliphatic heterocycles. The Labute approximate surface area is 245 Å². The van der Waals surface area contributed by atoms with Crippen LogP contribution in [0.15, 0.2) is 36.4 Å². The first kappa shape index (κ1) is 33.0. The molecule has 1 amide bonds. The summed E-state index contributed by atoms with van der Waals surface area (Å²) in [4.78, 5) is 46.9. The number of hydrogen-bond acceptors (Lipinski definition) is 8. The maximum Gasteiger partial charge on any atom is 0.490 e. The molecule has 0 saturated carbocycles. The predicted molar refractivity (Wildman–Crippen MR) is 148 cm³/mol. The standard InChI is InChI=1S/C26H32ClN3O5.C2HF3O2/c1-16-4-9-24(35-34-18(3)31)25(17(16)2)30-14-22(23(32)15-30)28-21-10-12-29(13-11-21)26(33)19-5-7-20(27)8-6-19;3-2(4,5)1(6)7/h4-9,21-23,28,32H,10-15H2,1-3H3;(H,6,7)/t22-,23-;/m1./s1. The molecule has 2 aromatic carbocycles. The van der Waals surface area contributed by atoms with Crippen LogP contribution in [0, 0.1) is 13.8 Å². The number of anilines is 1. The van der Waals surface area contributed by atoms with Gasteiger partial charge in [0.2, 0.25) is 5.75 Å². The summed E-state index contributed by atoms with van der Waals surface area (Å²) in [5, 5.41) is 22.2. The number of likely N-dealkylation sites (tertiary alicyclic amines) is 1. The number of aliphatic hydroxyl groups is 1. The number of nitrogens with zero attached hydrogens (tertiary/aromatic N) is 2. The van der Waals surface area contributed by atoms with Crippen molar-refractivity contribution in [1.82, 2.24) is 10.2 Å². The molecule has 0 spiro atoms. The Morgan fingerprint density at radius 1 is 1.02 bits per heavy atom. The summed E-state index contributed by atoms with van der Waals surface area (Å²) < 4.78 is 31.7. The third kappa shape index (κ3) is 8.73. The largest absolute Gasteiger partial charge is 0.490 e. The van der Waals surface area contributed by atoms with Gasteiger partial charge in [-0.05, 0) is 68.1 Å². The van der Waals surface area contributed by atoms with E-state index in [0.29, 0.717) is 42.5 Å². The average Bonchev–Trinajstić information content (AvgIpc) is 3.28. The maximum absolute atomic E-state index is 12.8. The van der Waals surface area contributed by atoms with E-state index in [0.717, 1.165) is 29.7 Å². The molecular formula is C28H33ClF3N3O7. The Kier molecular flexibility index (Phi) is 11.0. The minimum atomic E-state index is -5.08. The number of aryl methyl sites for hydroxylation is 1. The van der Waals surface area contributed by atoms with Crippen molar-refractivity contribution >= 4 is 35.1 Å². The van der Waals surface area contributed by atoms with Crippen molar-refractivity contribution in [2.45, 2.75) is 58.0 Å². The molecule has 0 aliphatic carbocycles. The van der Waals surface area contributed by atoms with Gasteiger partial charge in [0.05, 0.1) is 17.8 Å². The van der Waals surface area contributed by atoms with Crippen LogP contribution < -0.4 is 15.1 Å². The fourth-order valence-electron chi connectivity index (χ4n) is 4.80. The molecule has 0 aromatic heterocycles. The van der Waals surface area contributed by atoms with Crippen molar-refractivity contribution in [3.63, 3.8) is 0 Å². The van der Waals surface area contributed by atoms with Crippen LogP contribution >= 0.6 is 11.6 Å². The average molecular weight is 616 g/mol. The van der Waals surface area contributed by atoms with E-state index in [1.165, 1.54) is 6.92 Å². The number of rotatable bonds is 6. The lowest BCUT2D eigenvalue weighted by Crippen LogP contribution is -2.50. The molecule has 2 atom stereocenters. The molecule has 42 heavy (non-hydrogen) atoms. The van der Waals surface area contributed by atoms with E-state index >= 15 is 0 Å². The molecule has 2 heterocycles. The first-order chi connectivity index (χ1) is 19.7. The number of aliphatic carboxylic acids is 1. The molecule has 10 nitrogen and oxygen atoms in total. The van der Waals surface area contributed by atoms with Crippen molar-refractivity contribution in [2.75, 3.05) is 31.1 Å². The number of β-amino-alcohol motifs (C(OH)–C–C–N with tert-alkyl or cyclic N) is 1. The number of amides is 1. The number of nitrogens with one attached hydrogen (secondary N) is 1. The van der Waals surface area contributed by atoms with Gasteiger partial charge in [-0.1, -0.05) is 17.7 Å². The molecule has 2 aliphatic rings. The predicted octanol–water partition coefficient (Wildman–Crippen LogP) is 3.89. The topological polar surface area (TPSA) is 129 Å². The Hall–Kier alpha value is -3.55. The Morgan fingerprint density at radius 2 is 1.62 bits per heavy atom. The van der Waals surface area contributed by atoms with Crippen molar-refractivity contribution in [3.05, 3.63) is 58.1 Å². The molecule has 2 saturated heterocycles. The van der Waals surface area contributed by atoms with Crippen LogP contribution in [0.1, 0.15) is 41.3 Å². The molecule has 0 radical (unpaired) electrons. The highest BCUT2D eigenvalue weighted by molar-refractivity contribution is 6.30. The van der Waals surface area contributed by atoms with Gasteiger partial charge in [-0.25, -0.2) is 9.59 Å². The number of benzene rings is 2. The lowest BCUT2D eigenvalue weighted by Gasteiger charge is -2.34. The van der Waals surface area contributed by atoms with Gasteiger partial charge in [-0.3, -0.25) is 14.6 Å². The molecular weight excluding hydrogens is 583 g/mol. The van der Waals surface area contributed by atoms with Gasteiger partial charge in [0, 0.05) is 49.7 Å². The second-order valence-corrected chi connectivity index (χ2v) is 10.6. The number of halogens is 4. The third-order valence-corrected chi connectivity index (χ3v) is 7.34. The van der Waals surface area contributed by atoms with Crippen LogP contribution in [0.25, 0.3) is 0 Å². The van der Waals surface area contributed by atoms with E-state index in [-0.39, 0.29) is 18.0 Å². The molecule has 230 valence electrons. The van der Waals surface area contributed by atoms with Gasteiger partial charge >= 0.3 is 18.1 Å². The highest BCUT2D eigenvalue weighted by Crippen LogP contribution is 2.36. The van der Waals surface area contributed by atoms with Crippen LogP contribution in [0.5, 0.6) is 5.75 Å². The number of alkyl halides is 3. The van der Waals surface area contributed by atoms with Crippen molar-refractivity contribution in [2.24, 2.45) is 0 Å². The summed E-state index contributed by atoms with van der Waals surface area (Å²) in [5.74, 6) is -2.82. The van der Waals surface area contributed by atoms with E-state index in [1.807, 2.05) is 24.8 Å². The number of piperidine rings is 1. The number of carboxylic acids is 1. The quantitative estimate of drug-likeness (QED) is 0.327. The zero-order valence-corrected chi connectivity index (χ0v) is 24.0. The van der Waals surface area contributed by atoms with Gasteiger partial charge in [0.25, 0.3) is 5.91 Å². The van der Waals surface area contributed by atoms with Gasteiger partial charge in [-0.15, -0.1) is 0 Å². The Bertz CT molecular complexity index is 1270. The lowest BCUT2D eigenvalue weighted by molar-refractivity contribution is -0.210. The monoisotopic (exact) mass is 615 g/mol. The molecule has 2 aromatic rings. The van der Waals surface area contributed by atoms with E-state index < -0.39 is 24.2 Å². The van der Waals surface area contributed by atoms with E-state index in [2.05, 4.69) is 10.2 Å². The summed E-state index contributed by atoms with van der Waals surface area (Å²) in [7, 11) is 0. The van der Waals surface area contributed by atoms with E-state index in [4.69, 9.17) is 31.3 Å². The molecule has 14 heteroatoms. The smallest absolute Gasteiger partial charge is 0.475 e. The molecule has 2 fully saturated rings. The SMILES string of the molecule is CC(=O)OOc1ccc(C)c(C)c1N1C[C@@H](O)[C@H](NC2CCN(C(=O)c3ccc(Cl)cc3)CC2)C1.O=C(O)C(F)(F)F. The lowest BCUT2D eigenvalue weighted by atomic mass is 10.0. The fraction of sp³-hybridized carbons (Fsp3) is 0.464. The minimum absolute atomic E-state index is 0.0161. The second kappa shape index (κ2) is 14.1. The van der Waals surface area contributed by atoms with Crippen LogP contribution in [-0.4, -0.2) is 83.5 Å². The number of carbonyl (C=O) groups is 3. The minimum Gasteiger partial charge on any atom is -0.475 e. The summed E-state index contributed by atoms with van der Waals surface area (Å²) >= 11 is 5.93. The molecule has 3 N–H and O–H groups in total. The van der Waals surface area contributed by atoms with Crippen molar-refractivity contribution in [3.8, 4) is 5.75 Å². The zero-order chi connectivity index (χ0) is 31.2. The number of hydrogen-bond donors (Lipinski definition) is 3. The zero-order valence-electron chi connectivity index (χ0n) is 23.3. The molecule has 0 unspecified atom stereocenters. The second-order valence-electron chi connectivity index (χ2n) is 10.1. The van der Waals surface area contributed by atoms with Gasteiger partial charge in [-0.2, -0.15) is 13.2 Å². The van der Waals surface area contributed by atoms with Crippen molar-refractivity contribution in [1.29, 1.82) is 0 Å². The third-order valence-electron chi connectivity index (χ3n) is 7.08. The van der Waals surface area contributed by atoms with Crippen LogP contribution in [0.3, 0.4) is 0 Å². The van der Waals surface area contributed by atoms with Gasteiger partial charge < -0.3 is 25.3 Å². The Balaban J connectivity index is 0.000000616. The number of carboxylic acid groups (broad SMARTS) is 1. The van der Waals surface area contributed by atoms with Crippen molar-refractivity contribution < 1.29 is 47.5 Å². The summed E-state index contributed by atoms with van der Waals surface area (Å²) in [5.41, 5.74) is 3.55. The van der Waals surface area contributed by atoms with Crippen LogP contribution in [-0.2, 0) is 14.5 Å². The first-order valence-electron chi connectivity index (χ1n) is 13.2. The number of carbonyl (C=O) groups excluding carboxylic acids is 2. The highest BCUT2D eigenvalue weighted by Gasteiger charge is 2.38. The first-order valence-corrected chi connectivity index (χ1v) is 13.5. The van der Waals surface area contributed by atoms with Gasteiger partial charge in [0.15, 0.2) is 0 Å². The fourth-order valence-corrected chi connectivity index (χ4v) is 4.93. The van der Waals surface area contributed by atoms with E-state index in [1.54, 1.807) is 30.3 Å². The summed E-state index contributed by atoms with van der Waals surface area (Å²) in [6, 6.07) is 10.7. The number of aliphatic hydroxyl groups excluding tert-OH is 1. The van der Waals surface area contributed by atoms with Crippen LogP contribution in [0.4, 0.5) is 18.9 Å². The Morgan fingerprint density at radius 3 is 2.17 bits per heavy atom. The van der Waals surface area contributed by atoms with Gasteiger partial charge in [0.1, 0.15) is 0 Å². The van der Waals surface area contributed by atoms with E-state index in [9.17, 15) is 27.9 Å². The summed E-state index contributed by atoms with van der Waals surface area (Å²) in [6.45, 7) is 7.63. The molecule has 0 bridgehead atoms.